The molecular formula is C13H21N2O3P. The maximum atomic E-state index is 12.6. The van der Waals surface area contributed by atoms with Crippen LogP contribution in [0.5, 0.6) is 0 Å². The van der Waals surface area contributed by atoms with E-state index in [2.05, 4.69) is 5.32 Å². The average Bonchev–Trinajstić information content (AvgIpc) is 2.35. The number of amides is 1. The molecule has 1 atom stereocenters. The van der Waals surface area contributed by atoms with E-state index in [1.54, 1.807) is 13.3 Å². The monoisotopic (exact) mass is 284 g/mol. The van der Waals surface area contributed by atoms with Gasteiger partial charge >= 0.3 is 0 Å². The van der Waals surface area contributed by atoms with Gasteiger partial charge in [0.25, 0.3) is 0 Å². The first-order valence-corrected chi connectivity index (χ1v) is 8.61. The Bertz CT molecular complexity index is 486. The topological polar surface area (TPSA) is 69.6 Å². The molecule has 0 saturated heterocycles. The quantitative estimate of drug-likeness (QED) is 0.376. The Hall–Kier alpha value is -1.16. The van der Waals surface area contributed by atoms with Crippen LogP contribution >= 0.6 is 7.14 Å². The minimum absolute atomic E-state index is 0.0770. The lowest BCUT2D eigenvalue weighted by molar-refractivity contribution is -0.164. The van der Waals surface area contributed by atoms with Crippen molar-refractivity contribution in [1.29, 1.82) is 0 Å². The van der Waals surface area contributed by atoms with Crippen molar-refractivity contribution in [3.63, 3.8) is 0 Å². The molecule has 1 unspecified atom stereocenters. The number of hydrogen-bond acceptors (Lipinski definition) is 4. The van der Waals surface area contributed by atoms with Crippen LogP contribution in [0.15, 0.2) is 30.3 Å². The average molecular weight is 284 g/mol. The van der Waals surface area contributed by atoms with Crippen molar-refractivity contribution in [2.24, 2.45) is 0 Å². The van der Waals surface area contributed by atoms with E-state index >= 15 is 0 Å². The zero-order valence-corrected chi connectivity index (χ0v) is 12.6. The molecule has 1 rings (SSSR count). The molecule has 1 aromatic carbocycles. The summed E-state index contributed by atoms with van der Waals surface area (Å²) in [7, 11) is -2.56. The van der Waals surface area contributed by atoms with Crippen LogP contribution in [0.25, 0.3) is 0 Å². The van der Waals surface area contributed by atoms with E-state index in [0.29, 0.717) is 5.06 Å². The second kappa shape index (κ2) is 5.87. The Balaban J connectivity index is 3.03. The lowest BCUT2D eigenvalue weighted by Crippen LogP contribution is -2.46. The van der Waals surface area contributed by atoms with Gasteiger partial charge in [0.2, 0.25) is 5.91 Å². The maximum Gasteiger partial charge on any atom is 0.244 e. The molecule has 5 nitrogen and oxygen atoms in total. The second-order valence-corrected chi connectivity index (χ2v) is 8.64. The summed E-state index contributed by atoms with van der Waals surface area (Å²) in [6.45, 7) is 6.37. The molecule has 0 radical (unpaired) electrons. The highest BCUT2D eigenvalue weighted by Gasteiger charge is 2.38. The van der Waals surface area contributed by atoms with Gasteiger partial charge in [-0.25, -0.2) is 5.06 Å². The number of benzene rings is 1. The fourth-order valence-electron chi connectivity index (χ4n) is 1.71. The number of nitrogens with zero attached hydrogens (tertiary/aromatic N) is 1. The van der Waals surface area contributed by atoms with E-state index in [0.717, 1.165) is 5.56 Å². The highest BCUT2D eigenvalue weighted by molar-refractivity contribution is 7.63. The molecule has 1 aromatic rings. The van der Waals surface area contributed by atoms with Gasteiger partial charge in [0, 0.05) is 6.92 Å². The van der Waals surface area contributed by atoms with Crippen LogP contribution in [0.2, 0.25) is 0 Å². The van der Waals surface area contributed by atoms with Crippen LogP contribution in [0.3, 0.4) is 0 Å². The van der Waals surface area contributed by atoms with Gasteiger partial charge < -0.3 is 4.57 Å². The third kappa shape index (κ3) is 3.66. The van der Waals surface area contributed by atoms with Crippen LogP contribution in [0.4, 0.5) is 0 Å². The van der Waals surface area contributed by atoms with E-state index < -0.39 is 18.3 Å². The largest absolute Gasteiger partial charge is 0.322 e. The molecule has 0 bridgehead atoms. The molecule has 0 heterocycles. The van der Waals surface area contributed by atoms with E-state index in [1.807, 2.05) is 37.3 Å². The summed E-state index contributed by atoms with van der Waals surface area (Å²) in [5.74, 6) is -0.468. The van der Waals surface area contributed by atoms with Crippen LogP contribution in [-0.2, 0) is 14.6 Å². The number of hydroxylamine groups is 2. The van der Waals surface area contributed by atoms with Crippen LogP contribution < -0.4 is 5.32 Å². The highest BCUT2D eigenvalue weighted by atomic mass is 31.2. The SMILES string of the molecule is CC(=O)N(O)CNC(C)(c1ccccc1)P(C)(C)=O. The maximum absolute atomic E-state index is 12.6. The van der Waals surface area contributed by atoms with Crippen molar-refractivity contribution in [2.75, 3.05) is 20.0 Å². The first-order valence-electron chi connectivity index (χ1n) is 6.01. The third-order valence-corrected chi connectivity index (χ3v) is 5.92. The molecule has 19 heavy (non-hydrogen) atoms. The van der Waals surface area contributed by atoms with Gasteiger partial charge in [-0.05, 0) is 25.8 Å². The fraction of sp³-hybridized carbons (Fsp3) is 0.462. The fourth-order valence-corrected chi connectivity index (χ4v) is 2.93. The third-order valence-electron chi connectivity index (χ3n) is 3.35. The number of rotatable bonds is 5. The normalized spacial score (nSPS) is 14.8. The zero-order valence-electron chi connectivity index (χ0n) is 11.8. The van der Waals surface area contributed by atoms with Gasteiger partial charge in [-0.3, -0.25) is 15.3 Å². The summed E-state index contributed by atoms with van der Waals surface area (Å²) < 4.78 is 12.6. The van der Waals surface area contributed by atoms with Crippen molar-refractivity contribution in [3.05, 3.63) is 35.9 Å². The van der Waals surface area contributed by atoms with Crippen molar-refractivity contribution < 1.29 is 14.6 Å². The molecule has 0 aliphatic heterocycles. The summed E-state index contributed by atoms with van der Waals surface area (Å²) in [4.78, 5) is 11.0. The highest BCUT2D eigenvalue weighted by Crippen LogP contribution is 2.55. The summed E-state index contributed by atoms with van der Waals surface area (Å²) in [5, 5.41) is 12.2. The van der Waals surface area contributed by atoms with Crippen LogP contribution in [0, 0.1) is 0 Å². The smallest absolute Gasteiger partial charge is 0.244 e. The molecule has 0 fully saturated rings. The Labute approximate surface area is 113 Å². The summed E-state index contributed by atoms with van der Waals surface area (Å²) in [6, 6.07) is 9.37. The molecule has 0 saturated carbocycles. The Morgan fingerprint density at radius 3 is 2.32 bits per heavy atom. The molecule has 6 heteroatoms. The number of nitrogens with one attached hydrogen (secondary N) is 1. The molecule has 2 N–H and O–H groups in total. The molecular weight excluding hydrogens is 263 g/mol. The van der Waals surface area contributed by atoms with Crippen LogP contribution in [-0.4, -0.2) is 36.2 Å². The zero-order chi connectivity index (χ0) is 14.7. The Kier molecular flexibility index (Phi) is 4.91. The molecule has 0 aromatic heterocycles. The number of hydrogen-bond donors (Lipinski definition) is 2. The minimum atomic E-state index is -2.56. The number of carbonyl (C=O) groups is 1. The predicted octanol–water partition coefficient (Wildman–Crippen LogP) is 2.27. The summed E-state index contributed by atoms with van der Waals surface area (Å²) >= 11 is 0. The van der Waals surface area contributed by atoms with E-state index in [4.69, 9.17) is 0 Å². The molecule has 106 valence electrons. The van der Waals surface area contributed by atoms with Crippen molar-refractivity contribution >= 4 is 13.0 Å². The van der Waals surface area contributed by atoms with Gasteiger partial charge in [-0.1, -0.05) is 30.3 Å². The van der Waals surface area contributed by atoms with E-state index in [9.17, 15) is 14.6 Å². The van der Waals surface area contributed by atoms with Crippen LogP contribution in [0.1, 0.15) is 19.4 Å². The standard InChI is InChI=1S/C13H21N2O3P/c1-11(16)15(17)10-14-13(2,19(3,4)18)12-8-6-5-7-9-12/h5-9,14,17H,10H2,1-4H3. The van der Waals surface area contributed by atoms with E-state index in [-0.39, 0.29) is 6.67 Å². The number of carbonyl (C=O) groups excluding carboxylic acids is 1. The first kappa shape index (κ1) is 15.9. The summed E-state index contributed by atoms with van der Waals surface area (Å²) in [5.41, 5.74) is 0.861. The van der Waals surface area contributed by atoms with E-state index in [1.165, 1.54) is 6.92 Å². The van der Waals surface area contributed by atoms with Gasteiger partial charge in [0.15, 0.2) is 0 Å². The molecule has 0 aliphatic rings. The van der Waals surface area contributed by atoms with Crippen molar-refractivity contribution in [1.82, 2.24) is 10.4 Å². The predicted molar refractivity (Wildman–Crippen MR) is 75.6 cm³/mol. The van der Waals surface area contributed by atoms with Crippen molar-refractivity contribution in [2.45, 2.75) is 19.1 Å². The Morgan fingerprint density at radius 1 is 1.37 bits per heavy atom. The van der Waals surface area contributed by atoms with Gasteiger partial charge in [0.1, 0.15) is 7.14 Å². The molecule has 0 aliphatic carbocycles. The lowest BCUT2D eigenvalue weighted by Gasteiger charge is -2.36. The van der Waals surface area contributed by atoms with Crippen molar-refractivity contribution in [3.8, 4) is 0 Å². The Morgan fingerprint density at radius 2 is 1.89 bits per heavy atom. The van der Waals surface area contributed by atoms with Gasteiger partial charge in [-0.15, -0.1) is 0 Å². The minimum Gasteiger partial charge on any atom is -0.322 e. The lowest BCUT2D eigenvalue weighted by atomic mass is 10.1. The first-order chi connectivity index (χ1) is 8.68. The molecule has 1 amide bonds. The summed E-state index contributed by atoms with van der Waals surface area (Å²) in [6.07, 6.45) is 0. The second-order valence-electron chi connectivity index (χ2n) is 5.04. The molecule has 0 spiro atoms. The van der Waals surface area contributed by atoms with Gasteiger partial charge in [-0.2, -0.15) is 0 Å². The van der Waals surface area contributed by atoms with Gasteiger partial charge in [0.05, 0.1) is 11.9 Å².